The van der Waals surface area contributed by atoms with Crippen LogP contribution < -0.4 is 16.4 Å². The first-order valence-corrected chi connectivity index (χ1v) is 10.0. The second-order valence-corrected chi connectivity index (χ2v) is 7.34. The van der Waals surface area contributed by atoms with E-state index in [1.165, 1.54) is 11.3 Å². The predicted molar refractivity (Wildman–Crippen MR) is 116 cm³/mol. The van der Waals surface area contributed by atoms with Crippen LogP contribution in [-0.4, -0.2) is 17.7 Å². The van der Waals surface area contributed by atoms with Crippen molar-refractivity contribution in [2.45, 2.75) is 19.3 Å². The van der Waals surface area contributed by atoms with Crippen LogP contribution in [0.3, 0.4) is 0 Å². The van der Waals surface area contributed by atoms with Crippen LogP contribution in [0, 0.1) is 0 Å². The number of primary amides is 1. The summed E-state index contributed by atoms with van der Waals surface area (Å²) in [5.41, 5.74) is 8.44. The van der Waals surface area contributed by atoms with E-state index in [-0.39, 0.29) is 24.7 Å². The Morgan fingerprint density at radius 2 is 1.41 bits per heavy atom. The Balaban J connectivity index is 1.43. The largest absolute Gasteiger partial charge is 0.366 e. The molecule has 0 aliphatic rings. The SMILES string of the molecule is NC(=O)c1ccsc1NC(=O)CCCC(=O)Nc1ccc(-c2ccccc2)cc1. The van der Waals surface area contributed by atoms with Crippen LogP contribution in [0.25, 0.3) is 11.1 Å². The monoisotopic (exact) mass is 407 g/mol. The lowest BCUT2D eigenvalue weighted by molar-refractivity contribution is -0.117. The minimum absolute atomic E-state index is 0.154. The van der Waals surface area contributed by atoms with Gasteiger partial charge in [0.2, 0.25) is 11.8 Å². The molecule has 0 atom stereocenters. The number of thiophene rings is 1. The molecule has 6 nitrogen and oxygen atoms in total. The topological polar surface area (TPSA) is 101 Å². The van der Waals surface area contributed by atoms with Crippen molar-refractivity contribution in [3.8, 4) is 11.1 Å². The maximum Gasteiger partial charge on any atom is 0.251 e. The molecular formula is C22H21N3O3S. The summed E-state index contributed by atoms with van der Waals surface area (Å²) in [6.07, 6.45) is 0.800. The average Bonchev–Trinajstić information content (AvgIpc) is 3.17. The molecular weight excluding hydrogens is 386 g/mol. The van der Waals surface area contributed by atoms with Crippen molar-refractivity contribution in [1.29, 1.82) is 0 Å². The first kappa shape index (κ1) is 20.3. The van der Waals surface area contributed by atoms with Crippen LogP contribution in [0.5, 0.6) is 0 Å². The van der Waals surface area contributed by atoms with Crippen LogP contribution in [0.4, 0.5) is 10.7 Å². The van der Waals surface area contributed by atoms with Gasteiger partial charge in [0.15, 0.2) is 0 Å². The first-order valence-electron chi connectivity index (χ1n) is 9.15. The van der Waals surface area contributed by atoms with Crippen LogP contribution >= 0.6 is 11.3 Å². The fourth-order valence-corrected chi connectivity index (χ4v) is 3.61. The van der Waals surface area contributed by atoms with Gasteiger partial charge in [-0.1, -0.05) is 42.5 Å². The lowest BCUT2D eigenvalue weighted by Crippen LogP contribution is -2.17. The Labute approximate surface area is 172 Å². The van der Waals surface area contributed by atoms with Gasteiger partial charge in [0, 0.05) is 18.5 Å². The predicted octanol–water partition coefficient (Wildman–Crippen LogP) is 4.26. The zero-order valence-electron chi connectivity index (χ0n) is 15.7. The fraction of sp³-hybridized carbons (Fsp3) is 0.136. The molecule has 0 fully saturated rings. The van der Waals surface area contributed by atoms with E-state index in [1.54, 1.807) is 11.4 Å². The van der Waals surface area contributed by atoms with Gasteiger partial charge in [0.05, 0.1) is 5.56 Å². The molecule has 0 radical (unpaired) electrons. The highest BCUT2D eigenvalue weighted by Gasteiger charge is 2.13. The molecule has 0 bridgehead atoms. The van der Waals surface area contributed by atoms with Crippen LogP contribution in [0.1, 0.15) is 29.6 Å². The molecule has 7 heteroatoms. The molecule has 148 valence electrons. The van der Waals surface area contributed by atoms with Crippen molar-refractivity contribution in [2.24, 2.45) is 5.73 Å². The minimum Gasteiger partial charge on any atom is -0.366 e. The number of carbonyl (C=O) groups is 3. The number of anilines is 2. The van der Waals surface area contributed by atoms with E-state index < -0.39 is 5.91 Å². The molecule has 1 heterocycles. The van der Waals surface area contributed by atoms with Gasteiger partial charge >= 0.3 is 0 Å². The third-order valence-electron chi connectivity index (χ3n) is 4.27. The van der Waals surface area contributed by atoms with E-state index in [1.807, 2.05) is 54.6 Å². The second-order valence-electron chi connectivity index (χ2n) is 6.42. The van der Waals surface area contributed by atoms with Crippen molar-refractivity contribution in [3.05, 3.63) is 71.6 Å². The van der Waals surface area contributed by atoms with Gasteiger partial charge in [-0.05, 0) is 41.1 Å². The van der Waals surface area contributed by atoms with E-state index in [4.69, 9.17) is 5.73 Å². The number of nitrogens with two attached hydrogens (primary N) is 1. The number of hydrogen-bond acceptors (Lipinski definition) is 4. The maximum atomic E-state index is 12.1. The maximum absolute atomic E-state index is 12.1. The van der Waals surface area contributed by atoms with Gasteiger partial charge < -0.3 is 16.4 Å². The van der Waals surface area contributed by atoms with Gasteiger partial charge in [-0.3, -0.25) is 14.4 Å². The fourth-order valence-electron chi connectivity index (χ4n) is 2.80. The molecule has 3 rings (SSSR count). The lowest BCUT2D eigenvalue weighted by atomic mass is 10.1. The summed E-state index contributed by atoms with van der Waals surface area (Å²) < 4.78 is 0. The standard InChI is InChI=1S/C22H21N3O3S/c23-21(28)18-13-14-29-22(18)25-20(27)8-4-7-19(26)24-17-11-9-16(10-12-17)15-5-2-1-3-6-15/h1-3,5-6,9-14H,4,7-8H2,(H2,23,28)(H,24,26)(H,25,27). The van der Waals surface area contributed by atoms with Crippen molar-refractivity contribution in [3.63, 3.8) is 0 Å². The first-order chi connectivity index (χ1) is 14.0. The van der Waals surface area contributed by atoms with Crippen molar-refractivity contribution in [1.82, 2.24) is 0 Å². The van der Waals surface area contributed by atoms with Gasteiger partial charge in [-0.2, -0.15) is 0 Å². The second kappa shape index (κ2) is 9.66. The summed E-state index contributed by atoms with van der Waals surface area (Å²) in [4.78, 5) is 35.4. The van der Waals surface area contributed by atoms with E-state index in [9.17, 15) is 14.4 Å². The third-order valence-corrected chi connectivity index (χ3v) is 5.10. The minimum atomic E-state index is -0.584. The smallest absolute Gasteiger partial charge is 0.251 e. The molecule has 0 spiro atoms. The van der Waals surface area contributed by atoms with E-state index in [0.29, 0.717) is 22.7 Å². The molecule has 3 amide bonds. The highest BCUT2D eigenvalue weighted by Crippen LogP contribution is 2.23. The Morgan fingerprint density at radius 1 is 0.793 bits per heavy atom. The molecule has 2 aromatic carbocycles. The number of amides is 3. The molecule has 0 aliphatic heterocycles. The lowest BCUT2D eigenvalue weighted by Gasteiger charge is -2.07. The number of rotatable bonds is 8. The average molecular weight is 407 g/mol. The van der Waals surface area contributed by atoms with Crippen molar-refractivity contribution in [2.75, 3.05) is 10.6 Å². The quantitative estimate of drug-likeness (QED) is 0.520. The van der Waals surface area contributed by atoms with E-state index >= 15 is 0 Å². The molecule has 0 saturated heterocycles. The summed E-state index contributed by atoms with van der Waals surface area (Å²) >= 11 is 1.24. The van der Waals surface area contributed by atoms with E-state index in [2.05, 4.69) is 10.6 Å². The molecule has 4 N–H and O–H groups in total. The van der Waals surface area contributed by atoms with Crippen LogP contribution in [0.2, 0.25) is 0 Å². The van der Waals surface area contributed by atoms with Gasteiger partial charge in [0.1, 0.15) is 5.00 Å². The summed E-state index contributed by atoms with van der Waals surface area (Å²) in [6, 6.07) is 19.2. The molecule has 29 heavy (non-hydrogen) atoms. The summed E-state index contributed by atoms with van der Waals surface area (Å²) in [5, 5.41) is 7.62. The molecule has 3 aromatic rings. The summed E-state index contributed by atoms with van der Waals surface area (Å²) in [7, 11) is 0. The Morgan fingerprint density at radius 3 is 2.07 bits per heavy atom. The molecule has 0 unspecified atom stereocenters. The van der Waals surface area contributed by atoms with Gasteiger partial charge in [-0.25, -0.2) is 0 Å². The zero-order valence-corrected chi connectivity index (χ0v) is 16.5. The highest BCUT2D eigenvalue weighted by molar-refractivity contribution is 7.14. The third kappa shape index (κ3) is 5.76. The Kier molecular flexibility index (Phi) is 6.76. The van der Waals surface area contributed by atoms with Crippen molar-refractivity contribution < 1.29 is 14.4 Å². The van der Waals surface area contributed by atoms with Crippen LogP contribution in [-0.2, 0) is 9.59 Å². The normalized spacial score (nSPS) is 10.3. The molecule has 1 aromatic heterocycles. The van der Waals surface area contributed by atoms with E-state index in [0.717, 1.165) is 11.1 Å². The van der Waals surface area contributed by atoms with Gasteiger partial charge in [-0.15, -0.1) is 11.3 Å². The summed E-state index contributed by atoms with van der Waals surface area (Å²) in [6.45, 7) is 0. The number of hydrogen-bond donors (Lipinski definition) is 3. The zero-order chi connectivity index (χ0) is 20.6. The Hall–Kier alpha value is -3.45. The van der Waals surface area contributed by atoms with Gasteiger partial charge in [0.25, 0.3) is 5.91 Å². The molecule has 0 aliphatic carbocycles. The highest BCUT2D eigenvalue weighted by atomic mass is 32.1. The Bertz CT molecular complexity index is 998. The van der Waals surface area contributed by atoms with Crippen LogP contribution in [0.15, 0.2) is 66.0 Å². The molecule has 0 saturated carbocycles. The number of carbonyl (C=O) groups excluding carboxylic acids is 3. The number of nitrogens with one attached hydrogen (secondary N) is 2. The summed E-state index contributed by atoms with van der Waals surface area (Å²) in [5.74, 6) is -0.992. The van der Waals surface area contributed by atoms with Crippen molar-refractivity contribution >= 4 is 39.7 Å². The number of benzene rings is 2.